The van der Waals surface area contributed by atoms with E-state index in [2.05, 4.69) is 5.32 Å². The largest absolute Gasteiger partial charge is 0.381 e. The van der Waals surface area contributed by atoms with Crippen LogP contribution in [0.1, 0.15) is 18.4 Å². The maximum Gasteiger partial charge on any atom is 0.238 e. The molecule has 0 saturated carbocycles. The van der Waals surface area contributed by atoms with E-state index in [4.69, 9.17) is 9.88 Å². The molecule has 1 aliphatic heterocycles. The molecule has 0 bridgehead atoms. The Morgan fingerprint density at radius 3 is 2.90 bits per heavy atom. The van der Waals surface area contributed by atoms with Gasteiger partial charge in [0, 0.05) is 13.2 Å². The summed E-state index contributed by atoms with van der Waals surface area (Å²) in [7, 11) is -3.72. The highest BCUT2D eigenvalue weighted by Crippen LogP contribution is 2.14. The van der Waals surface area contributed by atoms with Gasteiger partial charge in [0.05, 0.1) is 17.4 Å². The Kier molecular flexibility index (Phi) is 4.74. The van der Waals surface area contributed by atoms with E-state index in [1.807, 2.05) is 0 Å². The van der Waals surface area contributed by atoms with Crippen LogP contribution in [0, 0.1) is 5.92 Å². The fraction of sp³-hybridized carbons (Fsp3) is 0.462. The first-order valence-corrected chi connectivity index (χ1v) is 7.98. The van der Waals surface area contributed by atoms with Crippen LogP contribution < -0.4 is 10.5 Å². The van der Waals surface area contributed by atoms with Crippen molar-refractivity contribution in [2.24, 2.45) is 11.1 Å². The molecular weight excluding hydrogens is 280 g/mol. The van der Waals surface area contributed by atoms with Gasteiger partial charge in [0.2, 0.25) is 15.9 Å². The second-order valence-electron chi connectivity index (χ2n) is 4.82. The van der Waals surface area contributed by atoms with Crippen LogP contribution >= 0.6 is 0 Å². The van der Waals surface area contributed by atoms with Gasteiger partial charge in [0.15, 0.2) is 0 Å². The standard InChI is InChI=1S/C13H18N2O4S/c14-20(17,18)12-5-1-3-10(7-12)8-15-13(16)11-4-2-6-19-9-11/h1,3,5,7,11H,2,4,6,8-9H2,(H,15,16)(H2,14,17,18). The van der Waals surface area contributed by atoms with Gasteiger partial charge in [-0.15, -0.1) is 0 Å². The van der Waals surface area contributed by atoms with Gasteiger partial charge in [0.25, 0.3) is 0 Å². The van der Waals surface area contributed by atoms with Crippen LogP contribution in [-0.2, 0) is 26.1 Å². The topological polar surface area (TPSA) is 98.5 Å². The Morgan fingerprint density at radius 1 is 1.45 bits per heavy atom. The van der Waals surface area contributed by atoms with Crippen LogP contribution in [-0.4, -0.2) is 27.5 Å². The smallest absolute Gasteiger partial charge is 0.238 e. The maximum atomic E-state index is 11.9. The number of hydrogen-bond acceptors (Lipinski definition) is 4. The number of primary sulfonamides is 1. The summed E-state index contributed by atoms with van der Waals surface area (Å²) < 4.78 is 27.8. The number of carbonyl (C=O) groups is 1. The second-order valence-corrected chi connectivity index (χ2v) is 6.39. The van der Waals surface area contributed by atoms with Crippen molar-refractivity contribution in [2.45, 2.75) is 24.3 Å². The van der Waals surface area contributed by atoms with Crippen molar-refractivity contribution in [3.05, 3.63) is 29.8 Å². The molecule has 1 atom stereocenters. The molecule has 6 nitrogen and oxygen atoms in total. The van der Waals surface area contributed by atoms with E-state index < -0.39 is 10.0 Å². The van der Waals surface area contributed by atoms with E-state index in [0.29, 0.717) is 18.8 Å². The average Bonchev–Trinajstić information content (AvgIpc) is 2.45. The first kappa shape index (κ1) is 15.0. The number of ether oxygens (including phenoxy) is 1. The number of amides is 1. The summed E-state index contributed by atoms with van der Waals surface area (Å²) in [5.41, 5.74) is 0.696. The fourth-order valence-electron chi connectivity index (χ4n) is 2.11. The summed E-state index contributed by atoms with van der Waals surface area (Å²) in [4.78, 5) is 12.0. The Balaban J connectivity index is 1.95. The number of benzene rings is 1. The Hall–Kier alpha value is -1.44. The van der Waals surface area contributed by atoms with Gasteiger partial charge in [-0.3, -0.25) is 4.79 Å². The van der Waals surface area contributed by atoms with Gasteiger partial charge < -0.3 is 10.1 Å². The van der Waals surface area contributed by atoms with Gasteiger partial charge in [0.1, 0.15) is 0 Å². The molecule has 0 spiro atoms. The van der Waals surface area contributed by atoms with E-state index in [-0.39, 0.29) is 23.3 Å². The molecule has 0 aromatic heterocycles. The number of nitrogens with two attached hydrogens (primary N) is 1. The molecule has 0 aliphatic carbocycles. The second kappa shape index (κ2) is 6.34. The third-order valence-corrected chi connectivity index (χ3v) is 4.14. The van der Waals surface area contributed by atoms with Crippen molar-refractivity contribution >= 4 is 15.9 Å². The first-order chi connectivity index (χ1) is 9.47. The van der Waals surface area contributed by atoms with Crippen molar-refractivity contribution in [3.8, 4) is 0 Å². The lowest BCUT2D eigenvalue weighted by Gasteiger charge is -2.21. The monoisotopic (exact) mass is 298 g/mol. The number of hydrogen-bond donors (Lipinski definition) is 2. The highest BCUT2D eigenvalue weighted by molar-refractivity contribution is 7.89. The van der Waals surface area contributed by atoms with Crippen LogP contribution in [0.5, 0.6) is 0 Å². The molecule has 3 N–H and O–H groups in total. The summed E-state index contributed by atoms with van der Waals surface area (Å²) >= 11 is 0. The average molecular weight is 298 g/mol. The Morgan fingerprint density at radius 2 is 2.25 bits per heavy atom. The third kappa shape index (κ3) is 4.03. The molecule has 0 radical (unpaired) electrons. The fourth-order valence-corrected chi connectivity index (χ4v) is 2.70. The zero-order valence-electron chi connectivity index (χ0n) is 11.0. The molecule has 1 fully saturated rings. The predicted molar refractivity (Wildman–Crippen MR) is 73.2 cm³/mol. The van der Waals surface area contributed by atoms with Crippen molar-refractivity contribution in [1.82, 2.24) is 5.32 Å². The van der Waals surface area contributed by atoms with Crippen molar-refractivity contribution in [3.63, 3.8) is 0 Å². The lowest BCUT2D eigenvalue weighted by Crippen LogP contribution is -2.35. The zero-order valence-corrected chi connectivity index (χ0v) is 11.9. The third-order valence-electron chi connectivity index (χ3n) is 3.22. The van der Waals surface area contributed by atoms with Gasteiger partial charge in [-0.05, 0) is 30.5 Å². The van der Waals surface area contributed by atoms with Crippen LogP contribution in [0.3, 0.4) is 0 Å². The van der Waals surface area contributed by atoms with Crippen LogP contribution in [0.15, 0.2) is 29.2 Å². The van der Waals surface area contributed by atoms with Gasteiger partial charge in [-0.2, -0.15) is 0 Å². The summed E-state index contributed by atoms with van der Waals surface area (Å²) in [6.45, 7) is 1.43. The van der Waals surface area contributed by atoms with E-state index in [0.717, 1.165) is 12.8 Å². The van der Waals surface area contributed by atoms with Gasteiger partial charge in [-0.25, -0.2) is 13.6 Å². The number of nitrogens with one attached hydrogen (secondary N) is 1. The number of sulfonamides is 1. The molecule has 110 valence electrons. The minimum absolute atomic E-state index is 0.0465. The van der Waals surface area contributed by atoms with E-state index >= 15 is 0 Å². The quantitative estimate of drug-likeness (QED) is 0.839. The van der Waals surface area contributed by atoms with Crippen molar-refractivity contribution in [1.29, 1.82) is 0 Å². The molecule has 1 amide bonds. The lowest BCUT2D eigenvalue weighted by atomic mass is 10.0. The lowest BCUT2D eigenvalue weighted by molar-refractivity contribution is -0.129. The highest BCUT2D eigenvalue weighted by atomic mass is 32.2. The Labute approximate surface area is 118 Å². The first-order valence-electron chi connectivity index (χ1n) is 6.44. The van der Waals surface area contributed by atoms with Crippen molar-refractivity contribution in [2.75, 3.05) is 13.2 Å². The summed E-state index contributed by atoms with van der Waals surface area (Å²) in [6.07, 6.45) is 1.71. The summed E-state index contributed by atoms with van der Waals surface area (Å²) in [6, 6.07) is 6.24. The Bertz CT molecular complexity index is 580. The zero-order chi connectivity index (χ0) is 14.6. The minimum atomic E-state index is -3.72. The molecule has 1 heterocycles. The normalized spacial score (nSPS) is 19.6. The van der Waals surface area contributed by atoms with Crippen LogP contribution in [0.25, 0.3) is 0 Å². The molecule has 1 aromatic rings. The SMILES string of the molecule is NS(=O)(=O)c1cccc(CNC(=O)C2CCCOC2)c1. The molecule has 1 aliphatic rings. The van der Waals surface area contributed by atoms with E-state index in [1.54, 1.807) is 12.1 Å². The predicted octanol–water partition coefficient (Wildman–Crippen LogP) is 0.377. The van der Waals surface area contributed by atoms with E-state index in [1.165, 1.54) is 12.1 Å². The van der Waals surface area contributed by atoms with Crippen molar-refractivity contribution < 1.29 is 17.9 Å². The summed E-state index contributed by atoms with van der Waals surface area (Å²) in [5.74, 6) is -0.184. The van der Waals surface area contributed by atoms with Crippen LogP contribution in [0.4, 0.5) is 0 Å². The highest BCUT2D eigenvalue weighted by Gasteiger charge is 2.21. The molecule has 1 saturated heterocycles. The van der Waals surface area contributed by atoms with Crippen LogP contribution in [0.2, 0.25) is 0 Å². The molecule has 7 heteroatoms. The number of rotatable bonds is 4. The minimum Gasteiger partial charge on any atom is -0.381 e. The maximum absolute atomic E-state index is 11.9. The van der Waals surface area contributed by atoms with E-state index in [9.17, 15) is 13.2 Å². The summed E-state index contributed by atoms with van der Waals surface area (Å²) in [5, 5.41) is 7.86. The molecule has 2 rings (SSSR count). The van der Waals surface area contributed by atoms with Gasteiger partial charge >= 0.3 is 0 Å². The molecule has 20 heavy (non-hydrogen) atoms. The molecule has 1 aromatic carbocycles. The van der Waals surface area contributed by atoms with Gasteiger partial charge in [-0.1, -0.05) is 12.1 Å². The molecule has 1 unspecified atom stereocenters. The number of carbonyl (C=O) groups excluding carboxylic acids is 1. The molecular formula is C13H18N2O4S.